The van der Waals surface area contributed by atoms with Crippen LogP contribution in [0.15, 0.2) is 54.6 Å². The molecule has 1 N–H and O–H groups in total. The summed E-state index contributed by atoms with van der Waals surface area (Å²) in [6.45, 7) is 5.56. The minimum atomic E-state index is 0.522. The summed E-state index contributed by atoms with van der Waals surface area (Å²) in [5, 5.41) is 3.65. The van der Waals surface area contributed by atoms with E-state index in [4.69, 9.17) is 4.74 Å². The molecular weight excluding hydrogens is 270 g/mol. The smallest absolute Gasteiger partial charge is 0.118 e. The van der Waals surface area contributed by atoms with Crippen molar-refractivity contribution in [2.75, 3.05) is 13.7 Å². The maximum Gasteiger partial charge on any atom is 0.118 e. The van der Waals surface area contributed by atoms with Crippen LogP contribution in [0.1, 0.15) is 37.3 Å². The van der Waals surface area contributed by atoms with Gasteiger partial charge in [0.25, 0.3) is 0 Å². The number of benzene rings is 2. The van der Waals surface area contributed by atoms with Crippen molar-refractivity contribution < 1.29 is 4.74 Å². The summed E-state index contributed by atoms with van der Waals surface area (Å²) in [6.07, 6.45) is 2.24. The molecule has 0 aromatic heterocycles. The van der Waals surface area contributed by atoms with E-state index in [-0.39, 0.29) is 0 Å². The third-order valence-electron chi connectivity index (χ3n) is 4.17. The molecule has 0 saturated carbocycles. The second-order valence-corrected chi connectivity index (χ2v) is 6.01. The highest BCUT2D eigenvalue weighted by Gasteiger charge is 2.07. The largest absolute Gasteiger partial charge is 0.497 e. The lowest BCUT2D eigenvalue weighted by molar-refractivity contribution is 0.414. The number of hydrogen-bond donors (Lipinski definition) is 1. The lowest BCUT2D eigenvalue weighted by Gasteiger charge is -2.18. The Hall–Kier alpha value is -1.80. The Labute approximate surface area is 134 Å². The Bertz CT molecular complexity index is 535. The van der Waals surface area contributed by atoms with Gasteiger partial charge in [-0.2, -0.15) is 0 Å². The maximum atomic E-state index is 5.19. The molecule has 0 amide bonds. The molecule has 0 spiro atoms. The lowest BCUT2D eigenvalue weighted by atomic mass is 10.0. The highest BCUT2D eigenvalue weighted by Crippen LogP contribution is 2.15. The van der Waals surface area contributed by atoms with Crippen LogP contribution in [0.3, 0.4) is 0 Å². The highest BCUT2D eigenvalue weighted by molar-refractivity contribution is 5.27. The Balaban J connectivity index is 1.72. The van der Waals surface area contributed by atoms with E-state index in [1.54, 1.807) is 7.11 Å². The molecule has 22 heavy (non-hydrogen) atoms. The molecule has 2 rings (SSSR count). The van der Waals surface area contributed by atoms with Gasteiger partial charge >= 0.3 is 0 Å². The summed E-state index contributed by atoms with van der Waals surface area (Å²) in [5.41, 5.74) is 2.77. The molecule has 0 unspecified atom stereocenters. The molecule has 2 aromatic carbocycles. The van der Waals surface area contributed by atoms with Gasteiger partial charge in [0.2, 0.25) is 0 Å². The molecule has 0 saturated heterocycles. The van der Waals surface area contributed by atoms with Crippen LogP contribution in [0.4, 0.5) is 0 Å². The quantitative estimate of drug-likeness (QED) is 0.779. The van der Waals surface area contributed by atoms with Crippen molar-refractivity contribution in [2.45, 2.75) is 38.6 Å². The Kier molecular flexibility index (Phi) is 6.47. The molecule has 0 aliphatic carbocycles. The highest BCUT2D eigenvalue weighted by atomic mass is 16.5. The van der Waals surface area contributed by atoms with Crippen LogP contribution < -0.4 is 10.1 Å². The Morgan fingerprint density at radius 1 is 0.955 bits per heavy atom. The van der Waals surface area contributed by atoms with E-state index >= 15 is 0 Å². The van der Waals surface area contributed by atoms with Crippen molar-refractivity contribution in [3.8, 4) is 5.75 Å². The zero-order valence-electron chi connectivity index (χ0n) is 13.9. The monoisotopic (exact) mass is 297 g/mol. The van der Waals surface area contributed by atoms with Gasteiger partial charge in [0, 0.05) is 12.6 Å². The summed E-state index contributed by atoms with van der Waals surface area (Å²) < 4.78 is 5.19. The summed E-state index contributed by atoms with van der Waals surface area (Å²) in [7, 11) is 1.70. The Morgan fingerprint density at radius 3 is 2.27 bits per heavy atom. The zero-order valence-corrected chi connectivity index (χ0v) is 13.9. The van der Waals surface area contributed by atoms with Crippen molar-refractivity contribution in [3.05, 3.63) is 65.7 Å². The maximum absolute atomic E-state index is 5.19. The molecule has 2 heteroatoms. The third-order valence-corrected chi connectivity index (χ3v) is 4.17. The van der Waals surface area contributed by atoms with Crippen LogP contribution in [-0.4, -0.2) is 19.7 Å². The van der Waals surface area contributed by atoms with Gasteiger partial charge in [-0.15, -0.1) is 0 Å². The van der Waals surface area contributed by atoms with E-state index in [0.29, 0.717) is 12.0 Å². The van der Waals surface area contributed by atoms with Crippen LogP contribution in [-0.2, 0) is 6.42 Å². The van der Waals surface area contributed by atoms with E-state index < -0.39 is 0 Å². The van der Waals surface area contributed by atoms with Crippen LogP contribution in [0.5, 0.6) is 5.75 Å². The first kappa shape index (κ1) is 16.6. The summed E-state index contributed by atoms with van der Waals surface area (Å²) in [4.78, 5) is 0. The van der Waals surface area contributed by atoms with E-state index in [1.165, 1.54) is 11.1 Å². The van der Waals surface area contributed by atoms with Gasteiger partial charge in [-0.1, -0.05) is 49.4 Å². The fourth-order valence-corrected chi connectivity index (χ4v) is 2.55. The molecule has 118 valence electrons. The van der Waals surface area contributed by atoms with Gasteiger partial charge in [0.15, 0.2) is 0 Å². The van der Waals surface area contributed by atoms with Gasteiger partial charge in [-0.05, 0) is 48.9 Å². The number of methoxy groups -OCH3 is 1. The first-order valence-corrected chi connectivity index (χ1v) is 8.10. The normalized spacial score (nSPS) is 13.6. The van der Waals surface area contributed by atoms with E-state index in [0.717, 1.165) is 25.1 Å². The lowest BCUT2D eigenvalue weighted by Crippen LogP contribution is -2.30. The first-order chi connectivity index (χ1) is 10.7. The van der Waals surface area contributed by atoms with Crippen molar-refractivity contribution >= 4 is 0 Å². The summed E-state index contributed by atoms with van der Waals surface area (Å²) in [5.74, 6) is 1.47. The molecule has 2 aromatic rings. The van der Waals surface area contributed by atoms with Gasteiger partial charge < -0.3 is 10.1 Å². The average Bonchev–Trinajstić information content (AvgIpc) is 2.59. The molecule has 2 nitrogen and oxygen atoms in total. The van der Waals surface area contributed by atoms with Gasteiger partial charge in [0.1, 0.15) is 5.75 Å². The number of nitrogens with one attached hydrogen (secondary N) is 1. The SMILES string of the molecule is COc1ccc(CC[C@@H](C)NC[C@H](C)c2ccccc2)cc1. The van der Waals surface area contributed by atoms with Crippen molar-refractivity contribution in [3.63, 3.8) is 0 Å². The van der Waals surface area contributed by atoms with E-state index in [1.807, 2.05) is 12.1 Å². The molecule has 0 bridgehead atoms. The van der Waals surface area contributed by atoms with E-state index in [9.17, 15) is 0 Å². The number of hydrogen-bond acceptors (Lipinski definition) is 2. The Morgan fingerprint density at radius 2 is 1.64 bits per heavy atom. The van der Waals surface area contributed by atoms with Crippen molar-refractivity contribution in [1.29, 1.82) is 0 Å². The summed E-state index contributed by atoms with van der Waals surface area (Å²) >= 11 is 0. The van der Waals surface area contributed by atoms with Crippen LogP contribution in [0, 0.1) is 0 Å². The minimum absolute atomic E-state index is 0.522. The number of ether oxygens (including phenoxy) is 1. The number of aryl methyl sites for hydroxylation is 1. The molecular formula is C20H27NO. The van der Waals surface area contributed by atoms with Gasteiger partial charge in [-0.3, -0.25) is 0 Å². The molecule has 0 fully saturated rings. The second-order valence-electron chi connectivity index (χ2n) is 6.01. The van der Waals surface area contributed by atoms with Crippen molar-refractivity contribution in [1.82, 2.24) is 5.32 Å². The first-order valence-electron chi connectivity index (χ1n) is 8.10. The topological polar surface area (TPSA) is 21.3 Å². The summed E-state index contributed by atoms with van der Waals surface area (Å²) in [6, 6.07) is 19.6. The number of rotatable bonds is 8. The second kappa shape index (κ2) is 8.60. The molecule has 0 aliphatic rings. The van der Waals surface area contributed by atoms with Crippen LogP contribution in [0.2, 0.25) is 0 Å². The molecule has 0 radical (unpaired) electrons. The van der Waals surface area contributed by atoms with Gasteiger partial charge in [0.05, 0.1) is 7.11 Å². The fraction of sp³-hybridized carbons (Fsp3) is 0.400. The molecule has 0 aliphatic heterocycles. The minimum Gasteiger partial charge on any atom is -0.497 e. The third kappa shape index (κ3) is 5.19. The van der Waals surface area contributed by atoms with Gasteiger partial charge in [-0.25, -0.2) is 0 Å². The average molecular weight is 297 g/mol. The van der Waals surface area contributed by atoms with Crippen molar-refractivity contribution in [2.24, 2.45) is 0 Å². The van der Waals surface area contributed by atoms with E-state index in [2.05, 4.69) is 61.6 Å². The standard InChI is InChI=1S/C20H27NO/c1-16(19-7-5-4-6-8-19)15-21-17(2)9-10-18-11-13-20(22-3)14-12-18/h4-8,11-14,16-17,21H,9-10,15H2,1-3H3/t16-,17+/m0/s1. The zero-order chi connectivity index (χ0) is 15.8. The fourth-order valence-electron chi connectivity index (χ4n) is 2.55. The molecule has 0 heterocycles. The predicted molar refractivity (Wildman–Crippen MR) is 93.6 cm³/mol. The van der Waals surface area contributed by atoms with Crippen LogP contribution in [0.25, 0.3) is 0 Å². The predicted octanol–water partition coefficient (Wildman–Crippen LogP) is 4.41. The molecule has 2 atom stereocenters. The van der Waals surface area contributed by atoms with Crippen LogP contribution >= 0.6 is 0 Å².